The van der Waals surface area contributed by atoms with Crippen molar-refractivity contribution in [3.8, 4) is 5.75 Å². The summed E-state index contributed by atoms with van der Waals surface area (Å²) in [5.74, 6) is 0.487. The fraction of sp³-hybridized carbons (Fsp3) is 0.111. The third-order valence-corrected chi connectivity index (χ3v) is 8.29. The number of fused-ring (bicyclic) bond motifs is 1. The molecule has 1 aliphatic heterocycles. The number of nitrogens with zero attached hydrogens (tertiary/aromatic N) is 3. The van der Waals surface area contributed by atoms with Gasteiger partial charge in [-0.3, -0.25) is 18.9 Å². The van der Waals surface area contributed by atoms with Crippen molar-refractivity contribution in [3.05, 3.63) is 104 Å². The minimum Gasteiger partial charge on any atom is -0.497 e. The maximum Gasteiger partial charge on any atom is 0.266 e. The van der Waals surface area contributed by atoms with Crippen LogP contribution in [0.2, 0.25) is 5.02 Å². The molecule has 1 aliphatic rings. The largest absolute Gasteiger partial charge is 0.497 e. The van der Waals surface area contributed by atoms with Gasteiger partial charge in [-0.25, -0.2) is 4.98 Å². The molecule has 5 rings (SSSR count). The van der Waals surface area contributed by atoms with Gasteiger partial charge in [-0.1, -0.05) is 65.5 Å². The second kappa shape index (κ2) is 10.7. The van der Waals surface area contributed by atoms with E-state index >= 15 is 0 Å². The summed E-state index contributed by atoms with van der Waals surface area (Å²) in [4.78, 5) is 34.5. The van der Waals surface area contributed by atoms with Crippen LogP contribution in [0.1, 0.15) is 16.7 Å². The van der Waals surface area contributed by atoms with Gasteiger partial charge in [0.05, 0.1) is 24.1 Å². The number of ether oxygens (including phenoxy) is 1. The Morgan fingerprint density at radius 2 is 1.81 bits per heavy atom. The summed E-state index contributed by atoms with van der Waals surface area (Å²) in [6.07, 6.45) is 3.35. The fourth-order valence-corrected chi connectivity index (χ4v) is 5.99. The number of amides is 1. The van der Waals surface area contributed by atoms with Gasteiger partial charge in [-0.2, -0.15) is 0 Å². The summed E-state index contributed by atoms with van der Waals surface area (Å²) in [5.41, 5.74) is 2.43. The van der Waals surface area contributed by atoms with Gasteiger partial charge < -0.3 is 4.74 Å². The van der Waals surface area contributed by atoms with Crippen LogP contribution in [0.25, 0.3) is 11.7 Å². The molecule has 0 radical (unpaired) electrons. The van der Waals surface area contributed by atoms with Crippen LogP contribution in [0.4, 0.5) is 0 Å². The molecule has 37 heavy (non-hydrogen) atoms. The molecule has 0 unspecified atom stereocenters. The van der Waals surface area contributed by atoms with Gasteiger partial charge in [0, 0.05) is 16.1 Å². The number of aryl methyl sites for hydroxylation is 1. The molecule has 3 heterocycles. The molecule has 4 aromatic rings. The quantitative estimate of drug-likeness (QED) is 0.156. The molecule has 1 fully saturated rings. The summed E-state index contributed by atoms with van der Waals surface area (Å²) >= 11 is 14.1. The second-order valence-electron chi connectivity index (χ2n) is 8.24. The Morgan fingerprint density at radius 3 is 2.51 bits per heavy atom. The first kappa shape index (κ1) is 25.5. The van der Waals surface area contributed by atoms with Crippen molar-refractivity contribution >= 4 is 69.3 Å². The van der Waals surface area contributed by atoms with Crippen molar-refractivity contribution in [2.75, 3.05) is 7.11 Å². The minimum atomic E-state index is -0.259. The number of thioether (sulfide) groups is 1. The monoisotopic (exact) mass is 565 g/mol. The third-order valence-electron chi connectivity index (χ3n) is 5.65. The van der Waals surface area contributed by atoms with Crippen molar-refractivity contribution in [1.82, 2.24) is 14.3 Å². The zero-order valence-corrected chi connectivity index (χ0v) is 23.0. The van der Waals surface area contributed by atoms with Crippen LogP contribution in [0, 0.1) is 6.92 Å². The molecule has 0 N–H and O–H groups in total. The number of aromatic nitrogens is 2. The molecule has 1 amide bonds. The van der Waals surface area contributed by atoms with E-state index < -0.39 is 0 Å². The lowest BCUT2D eigenvalue weighted by molar-refractivity contribution is -0.122. The SMILES string of the molecule is COc1ccc(CN2C(=O)C(=Cc3c(Sc4ccc(Cl)cc4)nc4ccc(C)cn4c3=O)SC2=S)cc1. The number of rotatable bonds is 6. The molecule has 10 heteroatoms. The second-order valence-corrected chi connectivity index (χ2v) is 11.4. The van der Waals surface area contributed by atoms with E-state index in [0.29, 0.717) is 37.0 Å². The molecule has 2 aromatic carbocycles. The number of halogens is 1. The molecule has 0 atom stereocenters. The number of carbonyl (C=O) groups is 1. The van der Waals surface area contributed by atoms with Gasteiger partial charge in [-0.15, -0.1) is 0 Å². The highest BCUT2D eigenvalue weighted by atomic mass is 35.5. The van der Waals surface area contributed by atoms with Crippen LogP contribution in [-0.4, -0.2) is 31.6 Å². The highest BCUT2D eigenvalue weighted by Crippen LogP contribution is 2.36. The van der Waals surface area contributed by atoms with E-state index in [9.17, 15) is 9.59 Å². The number of thiocarbonyl (C=S) groups is 1. The maximum absolute atomic E-state index is 13.6. The molecule has 2 aromatic heterocycles. The van der Waals surface area contributed by atoms with Crippen LogP contribution in [-0.2, 0) is 11.3 Å². The minimum absolute atomic E-state index is 0.248. The summed E-state index contributed by atoms with van der Waals surface area (Å²) in [6, 6.07) is 18.5. The summed E-state index contributed by atoms with van der Waals surface area (Å²) in [6.45, 7) is 2.23. The van der Waals surface area contributed by atoms with Gasteiger partial charge >= 0.3 is 0 Å². The van der Waals surface area contributed by atoms with Crippen molar-refractivity contribution in [2.45, 2.75) is 23.4 Å². The number of methoxy groups -OCH3 is 1. The molecule has 0 aliphatic carbocycles. The van der Waals surface area contributed by atoms with Crippen LogP contribution in [0.5, 0.6) is 5.75 Å². The first-order chi connectivity index (χ1) is 17.8. The van der Waals surface area contributed by atoms with E-state index in [2.05, 4.69) is 0 Å². The standard InChI is InChI=1S/C27H20ClN3O3S3/c1-16-3-12-23-29-24(36-20-10-6-18(28)7-11-20)21(25(32)30(23)14-16)13-22-26(33)31(27(35)37-22)15-17-4-8-19(34-2)9-5-17/h3-14H,15H2,1-2H3. The molecule has 0 saturated carbocycles. The van der Waals surface area contributed by atoms with Gasteiger partial charge in [-0.05, 0) is 66.6 Å². The molecule has 0 spiro atoms. The predicted octanol–water partition coefficient (Wildman–Crippen LogP) is 6.22. The Labute approximate surface area is 232 Å². The lowest BCUT2D eigenvalue weighted by Gasteiger charge is -2.14. The molecule has 6 nitrogen and oxygen atoms in total. The Hall–Kier alpha value is -3.11. The van der Waals surface area contributed by atoms with Crippen LogP contribution < -0.4 is 10.3 Å². The Bertz CT molecular complexity index is 1620. The van der Waals surface area contributed by atoms with E-state index in [0.717, 1.165) is 21.8 Å². The van der Waals surface area contributed by atoms with Crippen molar-refractivity contribution < 1.29 is 9.53 Å². The van der Waals surface area contributed by atoms with Crippen LogP contribution >= 0.6 is 47.3 Å². The summed E-state index contributed by atoms with van der Waals surface area (Å²) < 4.78 is 7.15. The fourth-order valence-electron chi connectivity index (χ4n) is 3.73. The van der Waals surface area contributed by atoms with Crippen molar-refractivity contribution in [2.24, 2.45) is 0 Å². The van der Waals surface area contributed by atoms with E-state index in [-0.39, 0.29) is 11.5 Å². The number of carbonyl (C=O) groups excluding carboxylic acids is 1. The molecular formula is C27H20ClN3O3S3. The Balaban J connectivity index is 1.54. The average molecular weight is 566 g/mol. The third kappa shape index (κ3) is 5.45. The number of pyridine rings is 1. The Morgan fingerprint density at radius 1 is 1.08 bits per heavy atom. The van der Waals surface area contributed by atoms with Gasteiger partial charge in [0.25, 0.3) is 11.5 Å². The number of hydrogen-bond acceptors (Lipinski definition) is 7. The smallest absolute Gasteiger partial charge is 0.266 e. The zero-order valence-electron chi connectivity index (χ0n) is 19.8. The first-order valence-electron chi connectivity index (χ1n) is 11.2. The Kier molecular flexibility index (Phi) is 7.39. The lowest BCUT2D eigenvalue weighted by Crippen LogP contribution is -2.27. The van der Waals surface area contributed by atoms with Crippen molar-refractivity contribution in [1.29, 1.82) is 0 Å². The number of hydrogen-bond donors (Lipinski definition) is 0. The van der Waals surface area contributed by atoms with Crippen molar-refractivity contribution in [3.63, 3.8) is 0 Å². The summed E-state index contributed by atoms with van der Waals surface area (Å²) in [7, 11) is 1.60. The topological polar surface area (TPSA) is 63.9 Å². The highest BCUT2D eigenvalue weighted by Gasteiger charge is 2.32. The van der Waals surface area contributed by atoms with E-state index in [1.165, 1.54) is 32.8 Å². The maximum atomic E-state index is 13.6. The first-order valence-corrected chi connectivity index (χ1v) is 13.6. The van der Waals surface area contributed by atoms with E-state index in [1.54, 1.807) is 37.6 Å². The summed E-state index contributed by atoms with van der Waals surface area (Å²) in [5, 5.41) is 1.11. The van der Waals surface area contributed by atoms with Gasteiger partial charge in [0.2, 0.25) is 0 Å². The van der Waals surface area contributed by atoms with E-state index in [1.807, 2.05) is 49.4 Å². The zero-order chi connectivity index (χ0) is 26.1. The van der Waals surface area contributed by atoms with E-state index in [4.69, 9.17) is 33.5 Å². The molecule has 0 bridgehead atoms. The van der Waals surface area contributed by atoms with Gasteiger partial charge in [0.15, 0.2) is 0 Å². The molecule has 186 valence electrons. The normalized spacial score (nSPS) is 14.7. The average Bonchev–Trinajstić information content (AvgIpc) is 3.16. The predicted molar refractivity (Wildman–Crippen MR) is 153 cm³/mol. The molecular weight excluding hydrogens is 546 g/mol. The highest BCUT2D eigenvalue weighted by molar-refractivity contribution is 8.26. The lowest BCUT2D eigenvalue weighted by atomic mass is 10.2. The number of benzene rings is 2. The van der Waals surface area contributed by atoms with Crippen LogP contribution in [0.3, 0.4) is 0 Å². The molecule has 1 saturated heterocycles. The van der Waals surface area contributed by atoms with Crippen LogP contribution in [0.15, 0.2) is 86.5 Å². The van der Waals surface area contributed by atoms with Gasteiger partial charge in [0.1, 0.15) is 20.7 Å².